The highest BCUT2D eigenvalue weighted by atomic mass is 79.9. The molecule has 0 aliphatic carbocycles. The lowest BCUT2D eigenvalue weighted by Gasteiger charge is -2.25. The van der Waals surface area contributed by atoms with Crippen molar-refractivity contribution in [3.05, 3.63) is 82.8 Å². The highest BCUT2D eigenvalue weighted by Crippen LogP contribution is 2.36. The number of alkyl halides is 1. The van der Waals surface area contributed by atoms with Gasteiger partial charge in [0.25, 0.3) is 0 Å². The number of hydrogen-bond donors (Lipinski definition) is 0. The Labute approximate surface area is 178 Å². The van der Waals surface area contributed by atoms with E-state index in [1.54, 1.807) is 0 Å². The van der Waals surface area contributed by atoms with Gasteiger partial charge in [0.1, 0.15) is 5.75 Å². The first-order chi connectivity index (χ1) is 13.2. The van der Waals surface area contributed by atoms with Crippen LogP contribution < -0.4 is 9.64 Å². The fraction of sp³-hybridized carbons (Fsp3) is 0.182. The summed E-state index contributed by atoms with van der Waals surface area (Å²) < 4.78 is 5.81. The zero-order valence-corrected chi connectivity index (χ0v) is 17.8. The van der Waals surface area contributed by atoms with E-state index in [0.717, 1.165) is 47.6 Å². The third-order valence-electron chi connectivity index (χ3n) is 4.06. The van der Waals surface area contributed by atoms with Gasteiger partial charge in [0, 0.05) is 32.4 Å². The summed E-state index contributed by atoms with van der Waals surface area (Å²) in [4.78, 5) is 2.15. The molecule has 0 fully saturated rings. The van der Waals surface area contributed by atoms with E-state index >= 15 is 0 Å². The van der Waals surface area contributed by atoms with Crippen LogP contribution in [0.1, 0.15) is 12.8 Å². The van der Waals surface area contributed by atoms with Gasteiger partial charge in [0.05, 0.1) is 6.61 Å². The van der Waals surface area contributed by atoms with Crippen molar-refractivity contribution in [3.8, 4) is 5.75 Å². The topological polar surface area (TPSA) is 12.5 Å². The second kappa shape index (κ2) is 10.0. The van der Waals surface area contributed by atoms with Gasteiger partial charge in [0.15, 0.2) is 0 Å². The first-order valence-electron chi connectivity index (χ1n) is 8.77. The van der Waals surface area contributed by atoms with Gasteiger partial charge in [-0.25, -0.2) is 0 Å². The Balaban J connectivity index is 1.86. The Bertz CT molecular complexity index is 790. The number of ether oxygens (including phenoxy) is 1. The van der Waals surface area contributed by atoms with Crippen molar-refractivity contribution in [2.45, 2.75) is 12.8 Å². The van der Waals surface area contributed by atoms with E-state index in [2.05, 4.69) is 33.0 Å². The molecular formula is C22H20BrCl2NO. The van der Waals surface area contributed by atoms with Crippen molar-refractivity contribution in [2.75, 3.05) is 16.8 Å². The summed E-state index contributed by atoms with van der Waals surface area (Å²) in [5.74, 6) is 0.875. The second-order valence-corrected chi connectivity index (χ2v) is 7.69. The van der Waals surface area contributed by atoms with E-state index < -0.39 is 0 Å². The van der Waals surface area contributed by atoms with Crippen molar-refractivity contribution in [1.82, 2.24) is 0 Å². The van der Waals surface area contributed by atoms with Crippen LogP contribution >= 0.6 is 39.1 Å². The lowest BCUT2D eigenvalue weighted by atomic mass is 10.2. The van der Waals surface area contributed by atoms with Gasteiger partial charge in [-0.15, -0.1) is 0 Å². The number of halogens is 3. The number of anilines is 3. The largest absolute Gasteiger partial charge is 0.494 e. The van der Waals surface area contributed by atoms with Gasteiger partial charge in [-0.05, 0) is 85.6 Å². The quantitative estimate of drug-likeness (QED) is 0.247. The predicted molar refractivity (Wildman–Crippen MR) is 120 cm³/mol. The monoisotopic (exact) mass is 463 g/mol. The molecule has 0 radical (unpaired) electrons. The van der Waals surface area contributed by atoms with Crippen molar-refractivity contribution in [3.63, 3.8) is 0 Å². The maximum absolute atomic E-state index is 6.07. The molecule has 0 bridgehead atoms. The van der Waals surface area contributed by atoms with Gasteiger partial charge >= 0.3 is 0 Å². The summed E-state index contributed by atoms with van der Waals surface area (Å²) in [6, 6.07) is 23.7. The SMILES string of the molecule is Clc1ccc(N(c2ccc(Cl)cc2)c2ccc(OCCCCBr)cc2)cc1. The van der Waals surface area contributed by atoms with E-state index in [-0.39, 0.29) is 0 Å². The van der Waals surface area contributed by atoms with Gasteiger partial charge in [-0.3, -0.25) is 0 Å². The number of hydrogen-bond acceptors (Lipinski definition) is 2. The zero-order valence-electron chi connectivity index (χ0n) is 14.7. The average molecular weight is 465 g/mol. The van der Waals surface area contributed by atoms with E-state index in [0.29, 0.717) is 10.0 Å². The summed E-state index contributed by atoms with van der Waals surface area (Å²) in [6.07, 6.45) is 2.15. The summed E-state index contributed by atoms with van der Waals surface area (Å²) in [6.45, 7) is 0.725. The molecule has 0 atom stereocenters. The minimum Gasteiger partial charge on any atom is -0.494 e. The van der Waals surface area contributed by atoms with Crippen LogP contribution in [0.25, 0.3) is 0 Å². The van der Waals surface area contributed by atoms with Crippen molar-refractivity contribution >= 4 is 56.2 Å². The van der Waals surface area contributed by atoms with Crippen LogP contribution in [0, 0.1) is 0 Å². The smallest absolute Gasteiger partial charge is 0.119 e. The highest BCUT2D eigenvalue weighted by molar-refractivity contribution is 9.09. The van der Waals surface area contributed by atoms with E-state index in [4.69, 9.17) is 27.9 Å². The fourth-order valence-electron chi connectivity index (χ4n) is 2.71. The fourth-order valence-corrected chi connectivity index (χ4v) is 3.35. The molecule has 0 aliphatic heterocycles. The van der Waals surface area contributed by atoms with Crippen molar-refractivity contribution < 1.29 is 4.74 Å². The van der Waals surface area contributed by atoms with Gasteiger partial charge in [0.2, 0.25) is 0 Å². The zero-order chi connectivity index (χ0) is 19.1. The third-order valence-corrected chi connectivity index (χ3v) is 5.13. The Morgan fingerprint density at radius 3 is 1.56 bits per heavy atom. The Hall–Kier alpha value is -1.68. The average Bonchev–Trinajstić information content (AvgIpc) is 2.69. The lowest BCUT2D eigenvalue weighted by Crippen LogP contribution is -2.09. The minimum absolute atomic E-state index is 0.710. The van der Waals surface area contributed by atoms with Crippen LogP contribution in [0.2, 0.25) is 10.0 Å². The molecule has 0 aromatic heterocycles. The van der Waals surface area contributed by atoms with Crippen LogP contribution in [-0.4, -0.2) is 11.9 Å². The molecule has 0 N–H and O–H groups in total. The standard InChI is InChI=1S/C22H20BrCl2NO/c23-15-1-2-16-27-22-13-11-21(12-14-22)26(19-7-3-17(24)4-8-19)20-9-5-18(25)6-10-20/h3-14H,1-2,15-16H2. The molecule has 0 saturated heterocycles. The molecule has 2 nitrogen and oxygen atoms in total. The highest BCUT2D eigenvalue weighted by Gasteiger charge is 2.12. The maximum Gasteiger partial charge on any atom is 0.119 e. The van der Waals surface area contributed by atoms with E-state index in [9.17, 15) is 0 Å². The first-order valence-corrected chi connectivity index (χ1v) is 10.7. The van der Waals surface area contributed by atoms with Crippen LogP contribution in [0.4, 0.5) is 17.1 Å². The van der Waals surface area contributed by atoms with Gasteiger partial charge in [-0.1, -0.05) is 39.1 Å². The molecule has 3 aromatic carbocycles. The minimum atomic E-state index is 0.710. The van der Waals surface area contributed by atoms with Crippen molar-refractivity contribution in [1.29, 1.82) is 0 Å². The number of unbranched alkanes of at least 4 members (excludes halogenated alkanes) is 1. The van der Waals surface area contributed by atoms with Crippen molar-refractivity contribution in [2.24, 2.45) is 0 Å². The van der Waals surface area contributed by atoms with Gasteiger partial charge in [-0.2, -0.15) is 0 Å². The number of benzene rings is 3. The summed E-state index contributed by atoms with van der Waals surface area (Å²) >= 11 is 15.6. The molecule has 3 rings (SSSR count). The summed E-state index contributed by atoms with van der Waals surface area (Å²) in [5.41, 5.74) is 3.08. The Kier molecular flexibility index (Phi) is 7.45. The van der Waals surface area contributed by atoms with Crippen LogP contribution in [0.15, 0.2) is 72.8 Å². The molecule has 140 valence electrons. The summed E-state index contributed by atoms with van der Waals surface area (Å²) in [5, 5.41) is 2.43. The van der Waals surface area contributed by atoms with Crippen LogP contribution in [0.5, 0.6) is 5.75 Å². The molecule has 27 heavy (non-hydrogen) atoms. The molecule has 0 aliphatic rings. The normalized spacial score (nSPS) is 10.6. The van der Waals surface area contributed by atoms with Gasteiger partial charge < -0.3 is 9.64 Å². The Morgan fingerprint density at radius 1 is 0.667 bits per heavy atom. The molecule has 3 aromatic rings. The maximum atomic E-state index is 6.07. The molecular weight excluding hydrogens is 445 g/mol. The molecule has 0 spiro atoms. The predicted octanol–water partition coefficient (Wildman–Crippen LogP) is 8.02. The van der Waals surface area contributed by atoms with E-state index in [1.165, 1.54) is 0 Å². The first kappa shape index (κ1) is 20.1. The molecule has 0 amide bonds. The molecule has 0 unspecified atom stereocenters. The lowest BCUT2D eigenvalue weighted by molar-refractivity contribution is 0.310. The van der Waals surface area contributed by atoms with Crippen LogP contribution in [-0.2, 0) is 0 Å². The van der Waals surface area contributed by atoms with E-state index in [1.807, 2.05) is 60.7 Å². The number of nitrogens with zero attached hydrogens (tertiary/aromatic N) is 1. The molecule has 0 heterocycles. The number of rotatable bonds is 8. The second-order valence-electron chi connectivity index (χ2n) is 6.03. The molecule has 0 saturated carbocycles. The molecule has 5 heteroatoms. The third kappa shape index (κ3) is 5.65. The Morgan fingerprint density at radius 2 is 1.11 bits per heavy atom. The van der Waals surface area contributed by atoms with Crippen LogP contribution in [0.3, 0.4) is 0 Å². The summed E-state index contributed by atoms with van der Waals surface area (Å²) in [7, 11) is 0.